The zero-order valence-corrected chi connectivity index (χ0v) is 9.44. The van der Waals surface area contributed by atoms with Gasteiger partial charge in [-0.1, -0.05) is 6.07 Å². The van der Waals surface area contributed by atoms with Crippen LogP contribution in [0.1, 0.15) is 10.9 Å². The summed E-state index contributed by atoms with van der Waals surface area (Å²) in [6.45, 7) is 2.14. The normalized spacial score (nSPS) is 20.9. The Balaban J connectivity index is 2.21. The summed E-state index contributed by atoms with van der Waals surface area (Å²) in [7, 11) is 0. The number of piperazine rings is 1. The number of alkyl halides is 3. The van der Waals surface area contributed by atoms with Crippen molar-refractivity contribution in [3.8, 4) is 0 Å². The summed E-state index contributed by atoms with van der Waals surface area (Å²) < 4.78 is 39.0. The van der Waals surface area contributed by atoms with Gasteiger partial charge in [-0.25, -0.2) is 0 Å². The standard InChI is InChI=1S/C10H13F3N2S/c11-10(12,13)9(8-2-1-7-16-8)15-5-3-14-4-6-15/h1-2,7,9,14H,3-6H2/t9-/m0/s1. The molecule has 0 aromatic carbocycles. The van der Waals surface area contributed by atoms with Crippen LogP contribution in [0.3, 0.4) is 0 Å². The fourth-order valence-corrected chi connectivity index (χ4v) is 2.82. The third kappa shape index (κ3) is 2.56. The van der Waals surface area contributed by atoms with E-state index in [0.717, 1.165) is 0 Å². The fraction of sp³-hybridized carbons (Fsp3) is 0.600. The molecule has 1 saturated heterocycles. The van der Waals surface area contributed by atoms with Gasteiger partial charge in [0.05, 0.1) is 0 Å². The van der Waals surface area contributed by atoms with Crippen LogP contribution in [0.15, 0.2) is 17.5 Å². The monoisotopic (exact) mass is 250 g/mol. The zero-order valence-electron chi connectivity index (χ0n) is 8.63. The summed E-state index contributed by atoms with van der Waals surface area (Å²) >= 11 is 1.17. The Kier molecular flexibility index (Phi) is 3.51. The van der Waals surface area contributed by atoms with E-state index >= 15 is 0 Å². The molecule has 90 valence electrons. The van der Waals surface area contributed by atoms with Crippen molar-refractivity contribution in [3.05, 3.63) is 22.4 Å². The van der Waals surface area contributed by atoms with Crippen molar-refractivity contribution in [1.29, 1.82) is 0 Å². The first-order valence-electron chi connectivity index (χ1n) is 5.14. The van der Waals surface area contributed by atoms with Crippen LogP contribution in [0.4, 0.5) is 13.2 Å². The van der Waals surface area contributed by atoms with Crippen LogP contribution < -0.4 is 5.32 Å². The van der Waals surface area contributed by atoms with Gasteiger partial charge in [-0.3, -0.25) is 4.90 Å². The Morgan fingerprint density at radius 1 is 1.31 bits per heavy atom. The smallest absolute Gasteiger partial charge is 0.314 e. The van der Waals surface area contributed by atoms with Gasteiger partial charge < -0.3 is 5.32 Å². The molecular formula is C10H13F3N2S. The molecule has 1 N–H and O–H groups in total. The van der Waals surface area contributed by atoms with E-state index in [-0.39, 0.29) is 0 Å². The van der Waals surface area contributed by atoms with Crippen molar-refractivity contribution in [3.63, 3.8) is 0 Å². The predicted octanol–water partition coefficient (Wildman–Crippen LogP) is 2.26. The van der Waals surface area contributed by atoms with E-state index in [1.165, 1.54) is 16.2 Å². The molecule has 0 saturated carbocycles. The Bertz CT molecular complexity index is 317. The highest BCUT2D eigenvalue weighted by molar-refractivity contribution is 7.10. The quantitative estimate of drug-likeness (QED) is 0.866. The highest BCUT2D eigenvalue weighted by Crippen LogP contribution is 2.39. The highest BCUT2D eigenvalue weighted by Gasteiger charge is 2.45. The molecule has 0 aliphatic carbocycles. The molecule has 1 aliphatic rings. The topological polar surface area (TPSA) is 15.3 Å². The van der Waals surface area contributed by atoms with Crippen LogP contribution in [0, 0.1) is 0 Å². The molecule has 0 radical (unpaired) electrons. The van der Waals surface area contributed by atoms with E-state index in [1.54, 1.807) is 17.5 Å². The molecule has 2 nitrogen and oxygen atoms in total. The Morgan fingerprint density at radius 2 is 2.00 bits per heavy atom. The van der Waals surface area contributed by atoms with Gasteiger partial charge in [0.25, 0.3) is 0 Å². The largest absolute Gasteiger partial charge is 0.408 e. The first-order chi connectivity index (χ1) is 7.59. The Hall–Kier alpha value is -0.590. The molecule has 0 spiro atoms. The average molecular weight is 250 g/mol. The van der Waals surface area contributed by atoms with E-state index in [1.807, 2.05) is 0 Å². The maximum absolute atomic E-state index is 13.0. The van der Waals surface area contributed by atoms with Gasteiger partial charge >= 0.3 is 6.18 Å². The van der Waals surface area contributed by atoms with Crippen molar-refractivity contribution >= 4 is 11.3 Å². The summed E-state index contributed by atoms with van der Waals surface area (Å²) in [5.41, 5.74) is 0. The van der Waals surface area contributed by atoms with Gasteiger partial charge in [-0.2, -0.15) is 13.2 Å². The van der Waals surface area contributed by atoms with Crippen LogP contribution in [-0.4, -0.2) is 37.3 Å². The van der Waals surface area contributed by atoms with Gasteiger partial charge in [0, 0.05) is 31.1 Å². The maximum atomic E-state index is 13.0. The number of halogens is 3. The summed E-state index contributed by atoms with van der Waals surface area (Å²) in [6.07, 6.45) is -4.19. The SMILES string of the molecule is FC(F)(F)[C@H](c1cccs1)N1CCNCC1. The first kappa shape index (κ1) is 11.9. The molecule has 1 atom stereocenters. The summed E-state index contributed by atoms with van der Waals surface area (Å²) in [4.78, 5) is 1.89. The molecule has 1 aromatic rings. The molecule has 16 heavy (non-hydrogen) atoms. The number of hydrogen-bond acceptors (Lipinski definition) is 3. The molecular weight excluding hydrogens is 237 g/mol. The maximum Gasteiger partial charge on any atom is 0.408 e. The van der Waals surface area contributed by atoms with Gasteiger partial charge in [0.1, 0.15) is 6.04 Å². The lowest BCUT2D eigenvalue weighted by Gasteiger charge is -2.35. The van der Waals surface area contributed by atoms with E-state index < -0.39 is 12.2 Å². The number of rotatable bonds is 2. The first-order valence-corrected chi connectivity index (χ1v) is 6.02. The van der Waals surface area contributed by atoms with E-state index in [0.29, 0.717) is 31.1 Å². The van der Waals surface area contributed by atoms with E-state index in [9.17, 15) is 13.2 Å². The fourth-order valence-electron chi connectivity index (χ4n) is 1.94. The minimum absolute atomic E-state index is 0.384. The summed E-state index contributed by atoms with van der Waals surface area (Å²) in [6, 6.07) is 1.79. The van der Waals surface area contributed by atoms with Gasteiger partial charge in [-0.05, 0) is 11.4 Å². The number of nitrogens with one attached hydrogen (secondary N) is 1. The molecule has 1 fully saturated rings. The Labute approximate surface area is 96.1 Å². The van der Waals surface area contributed by atoms with Crippen LogP contribution in [0.5, 0.6) is 0 Å². The van der Waals surface area contributed by atoms with Crippen molar-refractivity contribution in [1.82, 2.24) is 10.2 Å². The van der Waals surface area contributed by atoms with Crippen molar-refractivity contribution < 1.29 is 13.2 Å². The highest BCUT2D eigenvalue weighted by atomic mass is 32.1. The van der Waals surface area contributed by atoms with Crippen molar-refractivity contribution in [2.24, 2.45) is 0 Å². The van der Waals surface area contributed by atoms with Crippen LogP contribution in [0.2, 0.25) is 0 Å². The van der Waals surface area contributed by atoms with Crippen molar-refractivity contribution in [2.45, 2.75) is 12.2 Å². The zero-order chi connectivity index (χ0) is 11.6. The average Bonchev–Trinajstić information content (AvgIpc) is 2.71. The molecule has 0 bridgehead atoms. The van der Waals surface area contributed by atoms with Crippen molar-refractivity contribution in [2.75, 3.05) is 26.2 Å². The lowest BCUT2D eigenvalue weighted by Crippen LogP contribution is -2.48. The van der Waals surface area contributed by atoms with Crippen LogP contribution in [0.25, 0.3) is 0 Å². The molecule has 0 unspecified atom stereocenters. The van der Waals surface area contributed by atoms with Crippen LogP contribution in [-0.2, 0) is 0 Å². The number of thiophene rings is 1. The van der Waals surface area contributed by atoms with Gasteiger partial charge in [-0.15, -0.1) is 11.3 Å². The molecule has 2 rings (SSSR count). The summed E-state index contributed by atoms with van der Waals surface area (Å²) in [5.74, 6) is 0. The third-order valence-corrected chi connectivity index (χ3v) is 3.56. The number of hydrogen-bond donors (Lipinski definition) is 1. The second kappa shape index (κ2) is 4.73. The molecule has 1 aromatic heterocycles. The minimum atomic E-state index is -4.19. The third-order valence-electron chi connectivity index (χ3n) is 2.64. The molecule has 1 aliphatic heterocycles. The second-order valence-corrected chi connectivity index (χ2v) is 4.72. The lowest BCUT2D eigenvalue weighted by atomic mass is 10.1. The predicted molar refractivity (Wildman–Crippen MR) is 57.6 cm³/mol. The Morgan fingerprint density at radius 3 is 2.50 bits per heavy atom. The number of nitrogens with zero attached hydrogens (tertiary/aromatic N) is 1. The second-order valence-electron chi connectivity index (χ2n) is 3.75. The minimum Gasteiger partial charge on any atom is -0.314 e. The molecule has 6 heteroatoms. The van der Waals surface area contributed by atoms with Crippen LogP contribution >= 0.6 is 11.3 Å². The van der Waals surface area contributed by atoms with E-state index in [4.69, 9.17) is 0 Å². The molecule has 0 amide bonds. The van der Waals surface area contributed by atoms with Gasteiger partial charge in [0.15, 0.2) is 0 Å². The lowest BCUT2D eigenvalue weighted by molar-refractivity contribution is -0.186. The molecule has 2 heterocycles. The summed E-state index contributed by atoms with van der Waals surface area (Å²) in [5, 5.41) is 4.75. The van der Waals surface area contributed by atoms with Gasteiger partial charge in [0.2, 0.25) is 0 Å². The van der Waals surface area contributed by atoms with E-state index in [2.05, 4.69) is 5.32 Å².